The molecule has 2 heterocycles. The maximum Gasteiger partial charge on any atom is 0.0702 e. The van der Waals surface area contributed by atoms with Gasteiger partial charge in [0.05, 0.1) is 12.7 Å². The van der Waals surface area contributed by atoms with Gasteiger partial charge in [0.1, 0.15) is 0 Å². The number of hydrogen-bond acceptors (Lipinski definition) is 3. The SMILES string of the molecule is c1ccc(CCCC2CN(C3CCSCC3)CCO2)cc1. The number of morpholine rings is 1. The number of ether oxygens (including phenoxy) is 1. The van der Waals surface area contributed by atoms with E-state index in [1.807, 2.05) is 0 Å². The number of hydrogen-bond donors (Lipinski definition) is 0. The molecule has 0 N–H and O–H groups in total. The Morgan fingerprint density at radius 2 is 1.95 bits per heavy atom. The summed E-state index contributed by atoms with van der Waals surface area (Å²) in [6, 6.07) is 11.6. The van der Waals surface area contributed by atoms with Crippen molar-refractivity contribution in [2.75, 3.05) is 31.2 Å². The molecule has 1 atom stereocenters. The van der Waals surface area contributed by atoms with Gasteiger partial charge < -0.3 is 4.74 Å². The molecule has 1 unspecified atom stereocenters. The van der Waals surface area contributed by atoms with Crippen LogP contribution in [0.3, 0.4) is 0 Å². The summed E-state index contributed by atoms with van der Waals surface area (Å²) in [6.45, 7) is 3.23. The quantitative estimate of drug-likeness (QED) is 0.824. The van der Waals surface area contributed by atoms with Gasteiger partial charge in [0, 0.05) is 19.1 Å². The second-order valence-corrected chi connectivity index (χ2v) is 7.43. The molecule has 2 aliphatic heterocycles. The van der Waals surface area contributed by atoms with Crippen LogP contribution in [0.25, 0.3) is 0 Å². The predicted octanol–water partition coefficient (Wildman–Crippen LogP) is 3.61. The minimum absolute atomic E-state index is 0.456. The molecular formula is C18H27NOS. The Morgan fingerprint density at radius 3 is 2.76 bits per heavy atom. The summed E-state index contributed by atoms with van der Waals surface area (Å²) >= 11 is 2.12. The van der Waals surface area contributed by atoms with Gasteiger partial charge in [-0.2, -0.15) is 11.8 Å². The van der Waals surface area contributed by atoms with Crippen LogP contribution in [0.15, 0.2) is 30.3 Å². The van der Waals surface area contributed by atoms with E-state index in [-0.39, 0.29) is 0 Å². The van der Waals surface area contributed by atoms with Crippen LogP contribution in [0.1, 0.15) is 31.2 Å². The van der Waals surface area contributed by atoms with Gasteiger partial charge in [0.15, 0.2) is 0 Å². The fourth-order valence-electron chi connectivity index (χ4n) is 3.48. The van der Waals surface area contributed by atoms with Gasteiger partial charge in [-0.05, 0) is 49.2 Å². The topological polar surface area (TPSA) is 12.5 Å². The zero-order valence-corrected chi connectivity index (χ0v) is 13.7. The molecule has 2 saturated heterocycles. The van der Waals surface area contributed by atoms with E-state index < -0.39 is 0 Å². The third kappa shape index (κ3) is 4.73. The Hall–Kier alpha value is -0.510. The van der Waals surface area contributed by atoms with Crippen molar-refractivity contribution in [1.82, 2.24) is 4.90 Å². The van der Waals surface area contributed by atoms with Gasteiger partial charge in [0.25, 0.3) is 0 Å². The highest BCUT2D eigenvalue weighted by molar-refractivity contribution is 7.99. The lowest BCUT2D eigenvalue weighted by Crippen LogP contribution is -2.48. The summed E-state index contributed by atoms with van der Waals surface area (Å²) in [7, 11) is 0. The first-order chi connectivity index (χ1) is 10.4. The summed E-state index contributed by atoms with van der Waals surface area (Å²) in [5.41, 5.74) is 1.45. The molecule has 3 rings (SSSR count). The first-order valence-electron chi connectivity index (χ1n) is 8.39. The zero-order valence-electron chi connectivity index (χ0n) is 12.9. The molecule has 0 bridgehead atoms. The fourth-order valence-corrected chi connectivity index (χ4v) is 4.56. The molecule has 2 aliphatic rings. The molecule has 0 spiro atoms. The number of benzene rings is 1. The Labute approximate surface area is 133 Å². The molecule has 21 heavy (non-hydrogen) atoms. The van der Waals surface area contributed by atoms with Crippen molar-refractivity contribution in [2.45, 2.75) is 44.2 Å². The van der Waals surface area contributed by atoms with Crippen LogP contribution in [-0.2, 0) is 11.2 Å². The lowest BCUT2D eigenvalue weighted by atomic mass is 10.0. The molecule has 3 heteroatoms. The van der Waals surface area contributed by atoms with E-state index in [9.17, 15) is 0 Å². The molecule has 2 nitrogen and oxygen atoms in total. The third-order valence-electron chi connectivity index (χ3n) is 4.71. The molecule has 116 valence electrons. The monoisotopic (exact) mass is 305 g/mol. The van der Waals surface area contributed by atoms with Crippen molar-refractivity contribution in [2.24, 2.45) is 0 Å². The first kappa shape index (κ1) is 15.4. The summed E-state index contributed by atoms with van der Waals surface area (Å²) < 4.78 is 5.99. The lowest BCUT2D eigenvalue weighted by Gasteiger charge is -2.39. The van der Waals surface area contributed by atoms with E-state index in [1.165, 1.54) is 49.2 Å². The van der Waals surface area contributed by atoms with Gasteiger partial charge in [-0.25, -0.2) is 0 Å². The Morgan fingerprint density at radius 1 is 1.14 bits per heavy atom. The van der Waals surface area contributed by atoms with Crippen LogP contribution in [-0.4, -0.2) is 48.2 Å². The molecule has 0 radical (unpaired) electrons. The Bertz CT molecular complexity index is 405. The van der Waals surface area contributed by atoms with Crippen LogP contribution < -0.4 is 0 Å². The van der Waals surface area contributed by atoms with Gasteiger partial charge in [-0.3, -0.25) is 4.90 Å². The summed E-state index contributed by atoms with van der Waals surface area (Å²) in [6.07, 6.45) is 6.83. The van der Waals surface area contributed by atoms with E-state index >= 15 is 0 Å². The number of nitrogens with zero attached hydrogens (tertiary/aromatic N) is 1. The van der Waals surface area contributed by atoms with Crippen molar-refractivity contribution < 1.29 is 4.74 Å². The number of thioether (sulfide) groups is 1. The first-order valence-corrected chi connectivity index (χ1v) is 9.54. The molecule has 0 saturated carbocycles. The molecule has 2 fully saturated rings. The standard InChI is InChI=1S/C18H27NOS/c1-2-5-16(6-3-1)7-4-8-18-15-19(11-12-20-18)17-9-13-21-14-10-17/h1-3,5-6,17-18H,4,7-15H2. The van der Waals surface area contributed by atoms with E-state index in [2.05, 4.69) is 47.0 Å². The van der Waals surface area contributed by atoms with E-state index in [0.29, 0.717) is 6.10 Å². The van der Waals surface area contributed by atoms with Crippen LogP contribution in [0.4, 0.5) is 0 Å². The fraction of sp³-hybridized carbons (Fsp3) is 0.667. The predicted molar refractivity (Wildman–Crippen MR) is 91.0 cm³/mol. The zero-order chi connectivity index (χ0) is 14.3. The van der Waals surface area contributed by atoms with Crippen molar-refractivity contribution >= 4 is 11.8 Å². The normalized spacial score (nSPS) is 25.0. The van der Waals surface area contributed by atoms with Gasteiger partial charge in [-0.15, -0.1) is 0 Å². The van der Waals surface area contributed by atoms with Crippen molar-refractivity contribution in [1.29, 1.82) is 0 Å². The van der Waals surface area contributed by atoms with Crippen molar-refractivity contribution in [3.05, 3.63) is 35.9 Å². The molecule has 0 aromatic heterocycles. The van der Waals surface area contributed by atoms with E-state index in [0.717, 1.165) is 25.7 Å². The van der Waals surface area contributed by atoms with E-state index in [1.54, 1.807) is 0 Å². The largest absolute Gasteiger partial charge is 0.376 e. The Kier molecular flexibility index (Phi) is 6.02. The lowest BCUT2D eigenvalue weighted by molar-refractivity contribution is -0.0481. The van der Waals surface area contributed by atoms with Crippen LogP contribution >= 0.6 is 11.8 Å². The molecule has 1 aromatic carbocycles. The third-order valence-corrected chi connectivity index (χ3v) is 5.76. The Balaban J connectivity index is 1.41. The number of aryl methyl sites for hydroxylation is 1. The highest BCUT2D eigenvalue weighted by Crippen LogP contribution is 2.24. The van der Waals surface area contributed by atoms with Crippen molar-refractivity contribution in [3.63, 3.8) is 0 Å². The van der Waals surface area contributed by atoms with Crippen LogP contribution in [0.2, 0.25) is 0 Å². The maximum absolute atomic E-state index is 5.99. The molecule has 0 amide bonds. The highest BCUT2D eigenvalue weighted by Gasteiger charge is 2.27. The van der Waals surface area contributed by atoms with Gasteiger partial charge in [-0.1, -0.05) is 30.3 Å². The van der Waals surface area contributed by atoms with Gasteiger partial charge >= 0.3 is 0 Å². The summed E-state index contributed by atoms with van der Waals surface area (Å²) in [5, 5.41) is 0. The molecular weight excluding hydrogens is 278 g/mol. The van der Waals surface area contributed by atoms with E-state index in [4.69, 9.17) is 4.74 Å². The average Bonchev–Trinajstić information content (AvgIpc) is 2.57. The van der Waals surface area contributed by atoms with Crippen molar-refractivity contribution in [3.8, 4) is 0 Å². The van der Waals surface area contributed by atoms with Crippen LogP contribution in [0.5, 0.6) is 0 Å². The smallest absolute Gasteiger partial charge is 0.0702 e. The summed E-state index contributed by atoms with van der Waals surface area (Å²) in [4.78, 5) is 2.70. The highest BCUT2D eigenvalue weighted by atomic mass is 32.2. The van der Waals surface area contributed by atoms with Crippen LogP contribution in [0, 0.1) is 0 Å². The number of rotatable bonds is 5. The second kappa shape index (κ2) is 8.21. The minimum Gasteiger partial charge on any atom is -0.376 e. The summed E-state index contributed by atoms with van der Waals surface area (Å²) in [5.74, 6) is 2.70. The maximum atomic E-state index is 5.99. The van der Waals surface area contributed by atoms with Gasteiger partial charge in [0.2, 0.25) is 0 Å². The molecule has 0 aliphatic carbocycles. The molecule has 1 aromatic rings. The minimum atomic E-state index is 0.456. The average molecular weight is 305 g/mol. The second-order valence-electron chi connectivity index (χ2n) is 6.21.